The molecule has 0 saturated carbocycles. The minimum absolute atomic E-state index is 0.197. The van der Waals surface area contributed by atoms with Crippen molar-refractivity contribution in [1.82, 2.24) is 15.0 Å². The van der Waals surface area contributed by atoms with Gasteiger partial charge in [0.1, 0.15) is 17.5 Å². The number of fused-ring (bicyclic) bond motifs is 4. The highest BCUT2D eigenvalue weighted by Gasteiger charge is 2.22. The van der Waals surface area contributed by atoms with Crippen molar-refractivity contribution in [2.45, 2.75) is 39.7 Å². The molecule has 160 valence electrons. The maximum absolute atomic E-state index is 13.8. The van der Waals surface area contributed by atoms with Gasteiger partial charge in [-0.1, -0.05) is 13.3 Å². The molecule has 3 aromatic heterocycles. The largest absolute Gasteiger partial charge is 0.358 e. The standard InChI is InChI=1S/C25H28FN5/c1-3-5-13-30(4-2)24-10-8-23-22(28-24)9-11-25(29-23)31-14-12-21-19(16-31)18-15-17(26)6-7-20(18)27-21/h6-11,15,27H,3-5,12-14,16H2,1-2H3. The van der Waals surface area contributed by atoms with E-state index in [1.54, 1.807) is 6.07 Å². The molecular weight excluding hydrogens is 389 g/mol. The second-order valence-corrected chi connectivity index (χ2v) is 8.25. The maximum Gasteiger partial charge on any atom is 0.129 e. The summed E-state index contributed by atoms with van der Waals surface area (Å²) in [4.78, 5) is 17.8. The molecule has 0 unspecified atom stereocenters. The number of H-pyrrole nitrogens is 1. The van der Waals surface area contributed by atoms with Gasteiger partial charge in [0.25, 0.3) is 0 Å². The lowest BCUT2D eigenvalue weighted by atomic mass is 10.0. The Balaban J connectivity index is 1.42. The molecule has 1 N–H and O–H groups in total. The Bertz CT molecular complexity index is 1230. The zero-order valence-corrected chi connectivity index (χ0v) is 18.2. The summed E-state index contributed by atoms with van der Waals surface area (Å²) in [5.74, 6) is 1.76. The van der Waals surface area contributed by atoms with E-state index in [0.29, 0.717) is 0 Å². The fourth-order valence-corrected chi connectivity index (χ4v) is 4.51. The number of halogens is 1. The van der Waals surface area contributed by atoms with Crippen LogP contribution in [0.15, 0.2) is 42.5 Å². The second kappa shape index (κ2) is 8.17. The first kappa shape index (κ1) is 19.8. The zero-order chi connectivity index (χ0) is 21.4. The topological polar surface area (TPSA) is 48.1 Å². The van der Waals surface area contributed by atoms with E-state index in [1.165, 1.54) is 30.2 Å². The van der Waals surface area contributed by atoms with Crippen LogP contribution in [0.5, 0.6) is 0 Å². The first-order chi connectivity index (χ1) is 15.2. The SMILES string of the molecule is CCCCN(CC)c1ccc2nc(N3CCc4[nH]c5ccc(F)cc5c4C3)ccc2n1. The smallest absolute Gasteiger partial charge is 0.129 e. The lowest BCUT2D eigenvalue weighted by molar-refractivity contribution is 0.629. The van der Waals surface area contributed by atoms with Crippen LogP contribution in [0.1, 0.15) is 37.9 Å². The van der Waals surface area contributed by atoms with Gasteiger partial charge in [-0.3, -0.25) is 0 Å². The molecule has 0 fully saturated rings. The highest BCUT2D eigenvalue weighted by Crippen LogP contribution is 2.31. The molecule has 6 heteroatoms. The van der Waals surface area contributed by atoms with Gasteiger partial charge in [-0.15, -0.1) is 0 Å². The third-order valence-corrected chi connectivity index (χ3v) is 6.26. The second-order valence-electron chi connectivity index (χ2n) is 8.25. The summed E-state index contributed by atoms with van der Waals surface area (Å²) >= 11 is 0. The number of hydrogen-bond acceptors (Lipinski definition) is 4. The number of rotatable bonds is 6. The first-order valence-electron chi connectivity index (χ1n) is 11.2. The van der Waals surface area contributed by atoms with Gasteiger partial charge in [-0.25, -0.2) is 14.4 Å². The van der Waals surface area contributed by atoms with E-state index in [2.05, 4.69) is 52.9 Å². The number of aromatic nitrogens is 3. The summed E-state index contributed by atoms with van der Waals surface area (Å²) in [6.07, 6.45) is 3.24. The van der Waals surface area contributed by atoms with Crippen molar-refractivity contribution >= 4 is 33.6 Å². The van der Waals surface area contributed by atoms with Gasteiger partial charge in [-0.2, -0.15) is 0 Å². The lowest BCUT2D eigenvalue weighted by Crippen LogP contribution is -2.30. The molecule has 1 aliphatic heterocycles. The fraction of sp³-hybridized carbons (Fsp3) is 0.360. The number of aromatic amines is 1. The van der Waals surface area contributed by atoms with E-state index < -0.39 is 0 Å². The summed E-state index contributed by atoms with van der Waals surface area (Å²) in [7, 11) is 0. The van der Waals surface area contributed by atoms with Crippen LogP contribution in [0.25, 0.3) is 21.9 Å². The summed E-state index contributed by atoms with van der Waals surface area (Å²) in [5, 5.41) is 0.971. The molecule has 0 atom stereocenters. The van der Waals surface area contributed by atoms with Gasteiger partial charge in [0, 0.05) is 54.8 Å². The third kappa shape index (κ3) is 3.71. The molecule has 0 aliphatic carbocycles. The molecule has 0 spiro atoms. The molecule has 31 heavy (non-hydrogen) atoms. The fourth-order valence-electron chi connectivity index (χ4n) is 4.51. The average Bonchev–Trinajstić information content (AvgIpc) is 3.16. The Hall–Kier alpha value is -3.15. The molecule has 4 heterocycles. The van der Waals surface area contributed by atoms with Crippen molar-refractivity contribution < 1.29 is 4.39 Å². The quantitative estimate of drug-likeness (QED) is 0.454. The van der Waals surface area contributed by atoms with Gasteiger partial charge in [0.2, 0.25) is 0 Å². The molecule has 0 saturated heterocycles. The van der Waals surface area contributed by atoms with Gasteiger partial charge in [-0.05, 0) is 55.8 Å². The summed E-state index contributed by atoms with van der Waals surface area (Å²) in [6, 6.07) is 13.2. The van der Waals surface area contributed by atoms with Crippen LogP contribution in [-0.4, -0.2) is 34.6 Å². The van der Waals surface area contributed by atoms with E-state index in [4.69, 9.17) is 9.97 Å². The van der Waals surface area contributed by atoms with Gasteiger partial charge < -0.3 is 14.8 Å². The average molecular weight is 418 g/mol. The molecule has 0 amide bonds. The monoisotopic (exact) mass is 417 g/mol. The van der Waals surface area contributed by atoms with Crippen LogP contribution < -0.4 is 9.80 Å². The van der Waals surface area contributed by atoms with Crippen LogP contribution in [0, 0.1) is 5.82 Å². The zero-order valence-electron chi connectivity index (χ0n) is 18.2. The van der Waals surface area contributed by atoms with E-state index in [-0.39, 0.29) is 5.82 Å². The number of nitrogens with one attached hydrogen (secondary N) is 1. The molecule has 0 radical (unpaired) electrons. The predicted octanol–water partition coefficient (Wildman–Crippen LogP) is 5.44. The van der Waals surface area contributed by atoms with Crippen molar-refractivity contribution in [2.24, 2.45) is 0 Å². The van der Waals surface area contributed by atoms with Crippen LogP contribution >= 0.6 is 0 Å². The van der Waals surface area contributed by atoms with Gasteiger partial charge in [0.05, 0.1) is 11.0 Å². The minimum Gasteiger partial charge on any atom is -0.358 e. The van der Waals surface area contributed by atoms with Gasteiger partial charge in [0.15, 0.2) is 0 Å². The number of unbranched alkanes of at least 4 members (excludes halogenated alkanes) is 1. The minimum atomic E-state index is -0.197. The Labute approximate surface area is 181 Å². The number of pyridine rings is 2. The molecular formula is C25H28FN5. The molecule has 4 aromatic rings. The number of hydrogen-bond donors (Lipinski definition) is 1. The van der Waals surface area contributed by atoms with Crippen LogP contribution in [0.4, 0.5) is 16.0 Å². The van der Waals surface area contributed by atoms with Crippen molar-refractivity contribution in [3.8, 4) is 0 Å². The lowest BCUT2D eigenvalue weighted by Gasteiger charge is -2.28. The summed E-state index contributed by atoms with van der Waals surface area (Å²) in [5.41, 5.74) is 5.20. The Morgan fingerprint density at radius 1 is 1.06 bits per heavy atom. The molecule has 5 rings (SSSR count). The van der Waals surface area contributed by atoms with E-state index >= 15 is 0 Å². The number of nitrogens with zero attached hydrogens (tertiary/aromatic N) is 4. The highest BCUT2D eigenvalue weighted by atomic mass is 19.1. The van der Waals surface area contributed by atoms with Crippen molar-refractivity contribution in [2.75, 3.05) is 29.4 Å². The van der Waals surface area contributed by atoms with E-state index in [9.17, 15) is 4.39 Å². The Morgan fingerprint density at radius 3 is 2.74 bits per heavy atom. The summed E-state index contributed by atoms with van der Waals surface area (Å²) < 4.78 is 13.8. The highest BCUT2D eigenvalue weighted by molar-refractivity contribution is 5.85. The number of anilines is 2. The normalized spacial score (nSPS) is 13.7. The van der Waals surface area contributed by atoms with Crippen LogP contribution in [0.3, 0.4) is 0 Å². The summed E-state index contributed by atoms with van der Waals surface area (Å²) in [6.45, 7) is 7.97. The number of benzene rings is 1. The Kier molecular flexibility index (Phi) is 5.22. The third-order valence-electron chi connectivity index (χ3n) is 6.26. The maximum atomic E-state index is 13.8. The van der Waals surface area contributed by atoms with Gasteiger partial charge >= 0.3 is 0 Å². The van der Waals surface area contributed by atoms with Crippen LogP contribution in [0.2, 0.25) is 0 Å². The first-order valence-corrected chi connectivity index (χ1v) is 11.2. The molecule has 1 aliphatic rings. The van der Waals surface area contributed by atoms with Crippen LogP contribution in [-0.2, 0) is 13.0 Å². The van der Waals surface area contributed by atoms with E-state index in [1.807, 2.05) is 6.07 Å². The molecule has 0 bridgehead atoms. The van der Waals surface area contributed by atoms with Crippen molar-refractivity contribution in [3.63, 3.8) is 0 Å². The van der Waals surface area contributed by atoms with Crippen molar-refractivity contribution in [1.29, 1.82) is 0 Å². The molecule has 5 nitrogen and oxygen atoms in total. The predicted molar refractivity (Wildman–Crippen MR) is 125 cm³/mol. The molecule has 1 aromatic carbocycles. The van der Waals surface area contributed by atoms with E-state index in [0.717, 1.165) is 66.2 Å². The van der Waals surface area contributed by atoms with Crippen molar-refractivity contribution in [3.05, 3.63) is 59.5 Å². The Morgan fingerprint density at radius 2 is 1.90 bits per heavy atom.